The van der Waals surface area contributed by atoms with E-state index in [4.69, 9.17) is 26.1 Å². The molecule has 1 rings (SSSR count). The van der Waals surface area contributed by atoms with Crippen molar-refractivity contribution in [3.05, 3.63) is 35.9 Å². The lowest BCUT2D eigenvalue weighted by atomic mass is 10.1. The molecule has 0 aliphatic heterocycles. The first kappa shape index (κ1) is 17.1. The number of carbonyl (C=O) groups excluding carboxylic acids is 1. The van der Waals surface area contributed by atoms with E-state index in [1.807, 2.05) is 30.3 Å². The van der Waals surface area contributed by atoms with E-state index in [1.54, 1.807) is 0 Å². The number of aliphatic carboxylic acids is 1. The van der Waals surface area contributed by atoms with Gasteiger partial charge in [0.25, 0.3) is 5.97 Å². The Morgan fingerprint density at radius 3 is 2.11 bits per heavy atom. The first-order chi connectivity index (χ1) is 9.01. The highest BCUT2D eigenvalue weighted by Gasteiger charge is 2.15. The van der Waals surface area contributed by atoms with Crippen molar-refractivity contribution in [1.82, 2.24) is 0 Å². The lowest BCUT2D eigenvalue weighted by Gasteiger charge is -2.11. The van der Waals surface area contributed by atoms with E-state index in [9.17, 15) is 4.79 Å². The zero-order valence-electron chi connectivity index (χ0n) is 10.9. The highest BCUT2D eigenvalue weighted by molar-refractivity contribution is 5.72. The van der Waals surface area contributed by atoms with Gasteiger partial charge in [0.1, 0.15) is 6.61 Å². The van der Waals surface area contributed by atoms with Crippen LogP contribution in [0, 0.1) is 5.92 Å². The summed E-state index contributed by atoms with van der Waals surface area (Å²) in [5, 5.41) is 7.42. The van der Waals surface area contributed by atoms with Crippen molar-refractivity contribution in [2.75, 3.05) is 13.1 Å². The highest BCUT2D eigenvalue weighted by Crippen LogP contribution is 2.03. The van der Waals surface area contributed by atoms with Gasteiger partial charge in [-0.1, -0.05) is 30.3 Å². The highest BCUT2D eigenvalue weighted by atomic mass is 16.5. The minimum absolute atomic E-state index is 0.226. The Hall–Kier alpha value is -1.92. The normalized spacial score (nSPS) is 9.47. The molecule has 0 bridgehead atoms. The summed E-state index contributed by atoms with van der Waals surface area (Å²) in [6.07, 6.45) is 0. The average molecular weight is 268 g/mol. The van der Waals surface area contributed by atoms with E-state index < -0.39 is 11.9 Å². The van der Waals surface area contributed by atoms with Gasteiger partial charge in [0.05, 0.1) is 5.92 Å². The molecule has 0 saturated carbocycles. The van der Waals surface area contributed by atoms with Gasteiger partial charge < -0.3 is 21.3 Å². The molecule has 0 aromatic heterocycles. The Kier molecular flexibility index (Phi) is 9.03. The van der Waals surface area contributed by atoms with Gasteiger partial charge in [0, 0.05) is 20.0 Å². The van der Waals surface area contributed by atoms with Crippen molar-refractivity contribution < 1.29 is 19.4 Å². The average Bonchev–Trinajstić information content (AvgIpc) is 2.38. The molecule has 0 heterocycles. The van der Waals surface area contributed by atoms with E-state index in [1.165, 1.54) is 0 Å². The molecule has 0 fully saturated rings. The smallest absolute Gasteiger partial charge is 0.311 e. The van der Waals surface area contributed by atoms with Gasteiger partial charge in [-0.15, -0.1) is 0 Å². The number of carbonyl (C=O) groups is 2. The number of hydrogen-bond acceptors (Lipinski definition) is 5. The molecule has 0 radical (unpaired) electrons. The van der Waals surface area contributed by atoms with Crippen LogP contribution in [0.25, 0.3) is 0 Å². The van der Waals surface area contributed by atoms with Crippen LogP contribution in [0.1, 0.15) is 12.5 Å². The fourth-order valence-corrected chi connectivity index (χ4v) is 1.14. The summed E-state index contributed by atoms with van der Waals surface area (Å²) in [6.45, 7) is 1.81. The van der Waals surface area contributed by atoms with Gasteiger partial charge in [-0.25, -0.2) is 0 Å². The molecule has 6 heteroatoms. The van der Waals surface area contributed by atoms with Crippen molar-refractivity contribution in [3.63, 3.8) is 0 Å². The van der Waals surface area contributed by atoms with E-state index in [2.05, 4.69) is 0 Å². The molecule has 0 aliphatic rings. The Morgan fingerprint density at radius 2 is 1.68 bits per heavy atom. The minimum atomic E-state index is -0.833. The Bertz CT molecular complexity index is 373. The van der Waals surface area contributed by atoms with Crippen LogP contribution in [0.2, 0.25) is 0 Å². The molecule has 1 aromatic carbocycles. The molecular weight excluding hydrogens is 248 g/mol. The fraction of sp³-hybridized carbons (Fsp3) is 0.385. The van der Waals surface area contributed by atoms with Gasteiger partial charge in [0.15, 0.2) is 0 Å². The number of ether oxygens (including phenoxy) is 1. The first-order valence-electron chi connectivity index (χ1n) is 5.81. The predicted molar refractivity (Wildman–Crippen MR) is 71.1 cm³/mol. The second-order valence-electron chi connectivity index (χ2n) is 3.78. The van der Waals surface area contributed by atoms with Crippen LogP contribution in [0.5, 0.6) is 0 Å². The summed E-state index contributed by atoms with van der Waals surface area (Å²) in [5.74, 6) is -1.56. The summed E-state index contributed by atoms with van der Waals surface area (Å²) in [6, 6.07) is 9.49. The van der Waals surface area contributed by atoms with Crippen LogP contribution in [0.4, 0.5) is 0 Å². The van der Waals surface area contributed by atoms with Crippen molar-refractivity contribution in [2.24, 2.45) is 17.4 Å². The Balaban J connectivity index is 0.000000711. The van der Waals surface area contributed by atoms with Crippen LogP contribution in [0.3, 0.4) is 0 Å². The number of benzene rings is 1. The molecule has 6 nitrogen and oxygen atoms in total. The first-order valence-corrected chi connectivity index (χ1v) is 5.81. The molecule has 0 atom stereocenters. The number of hydrogen-bond donors (Lipinski definition) is 3. The van der Waals surface area contributed by atoms with Gasteiger partial charge >= 0.3 is 5.97 Å². The number of nitrogens with two attached hydrogens (primary N) is 2. The second kappa shape index (κ2) is 10.0. The zero-order chi connectivity index (χ0) is 14.7. The Labute approximate surface area is 112 Å². The molecule has 0 aliphatic carbocycles. The van der Waals surface area contributed by atoms with Crippen molar-refractivity contribution >= 4 is 11.9 Å². The molecule has 0 saturated heterocycles. The lowest BCUT2D eigenvalue weighted by Crippen LogP contribution is -2.32. The maximum atomic E-state index is 11.4. The van der Waals surface area contributed by atoms with Crippen molar-refractivity contribution in [2.45, 2.75) is 13.5 Å². The molecule has 106 valence electrons. The third-order valence-electron chi connectivity index (χ3n) is 2.13. The van der Waals surface area contributed by atoms with Gasteiger partial charge in [-0.3, -0.25) is 9.59 Å². The number of carboxylic acids is 1. The van der Waals surface area contributed by atoms with Crippen molar-refractivity contribution in [3.8, 4) is 0 Å². The van der Waals surface area contributed by atoms with E-state index >= 15 is 0 Å². The summed E-state index contributed by atoms with van der Waals surface area (Å²) in [5.41, 5.74) is 11.7. The third-order valence-corrected chi connectivity index (χ3v) is 2.13. The number of rotatable bonds is 5. The summed E-state index contributed by atoms with van der Waals surface area (Å²) in [7, 11) is 0. The second-order valence-corrected chi connectivity index (χ2v) is 3.78. The largest absolute Gasteiger partial charge is 0.481 e. The van der Waals surface area contributed by atoms with E-state index in [0.717, 1.165) is 12.5 Å². The third kappa shape index (κ3) is 8.76. The Morgan fingerprint density at radius 1 is 1.21 bits per heavy atom. The molecule has 5 N–H and O–H groups in total. The summed E-state index contributed by atoms with van der Waals surface area (Å²) < 4.78 is 5.07. The predicted octanol–water partition coefficient (Wildman–Crippen LogP) is 0.354. The maximum absolute atomic E-state index is 11.4. The van der Waals surface area contributed by atoms with E-state index in [-0.39, 0.29) is 25.7 Å². The zero-order valence-corrected chi connectivity index (χ0v) is 10.9. The molecule has 1 aromatic rings. The lowest BCUT2D eigenvalue weighted by molar-refractivity contribution is -0.149. The fourth-order valence-electron chi connectivity index (χ4n) is 1.14. The molecule has 0 unspecified atom stereocenters. The van der Waals surface area contributed by atoms with Gasteiger partial charge in [-0.05, 0) is 5.56 Å². The quantitative estimate of drug-likeness (QED) is 0.664. The van der Waals surface area contributed by atoms with Gasteiger partial charge in [0.2, 0.25) is 0 Å². The summed E-state index contributed by atoms with van der Waals surface area (Å²) >= 11 is 0. The monoisotopic (exact) mass is 268 g/mol. The van der Waals surface area contributed by atoms with Crippen LogP contribution < -0.4 is 11.5 Å². The van der Waals surface area contributed by atoms with Gasteiger partial charge in [-0.2, -0.15) is 0 Å². The topological polar surface area (TPSA) is 116 Å². The van der Waals surface area contributed by atoms with Crippen LogP contribution >= 0.6 is 0 Å². The van der Waals surface area contributed by atoms with E-state index in [0.29, 0.717) is 0 Å². The number of esters is 1. The SMILES string of the molecule is CC(=O)O.NCC(CN)C(=O)OCc1ccccc1. The minimum Gasteiger partial charge on any atom is -0.481 e. The van der Waals surface area contributed by atoms with Crippen LogP contribution in [0.15, 0.2) is 30.3 Å². The molecule has 0 spiro atoms. The molecule has 0 amide bonds. The summed E-state index contributed by atoms with van der Waals surface area (Å²) in [4.78, 5) is 20.4. The van der Waals surface area contributed by atoms with Crippen LogP contribution in [-0.2, 0) is 20.9 Å². The molecule has 19 heavy (non-hydrogen) atoms. The number of carboxylic acid groups (broad SMARTS) is 1. The van der Waals surface area contributed by atoms with Crippen molar-refractivity contribution in [1.29, 1.82) is 0 Å². The standard InChI is InChI=1S/C11H16N2O2.C2H4O2/c12-6-10(7-13)11(14)15-8-9-4-2-1-3-5-9;1-2(3)4/h1-5,10H,6-8,12-13H2;1H3,(H,3,4). The maximum Gasteiger partial charge on any atom is 0.311 e. The van der Waals surface area contributed by atoms with Crippen LogP contribution in [-0.4, -0.2) is 30.1 Å². The molecular formula is C13H20N2O4.